The van der Waals surface area contributed by atoms with Crippen LogP contribution in [0.2, 0.25) is 0 Å². The zero-order valence-corrected chi connectivity index (χ0v) is 9.07. The summed E-state index contributed by atoms with van der Waals surface area (Å²) in [6.45, 7) is 2.78. The first-order valence-corrected chi connectivity index (χ1v) is 5.52. The average Bonchev–Trinajstić information content (AvgIpc) is 2.85. The number of ketones is 1. The minimum atomic E-state index is -0.623. The van der Waals surface area contributed by atoms with E-state index in [0.717, 1.165) is 32.2 Å². The highest BCUT2D eigenvalue weighted by molar-refractivity contribution is 6.02. The van der Waals surface area contributed by atoms with Crippen LogP contribution in [-0.4, -0.2) is 21.1 Å². The smallest absolute Gasteiger partial charge is 0.185 e. The summed E-state index contributed by atoms with van der Waals surface area (Å²) < 4.78 is 1.76. The Bertz CT molecular complexity index is 364. The molecule has 1 heterocycles. The molecule has 1 aliphatic rings. The van der Waals surface area contributed by atoms with E-state index in [1.165, 1.54) is 0 Å². The van der Waals surface area contributed by atoms with Crippen molar-refractivity contribution in [1.82, 2.24) is 9.78 Å². The minimum Gasteiger partial charge on any atom is -0.319 e. The van der Waals surface area contributed by atoms with Gasteiger partial charge < -0.3 is 5.73 Å². The number of aryl methyl sites for hydroxylation is 1. The maximum atomic E-state index is 12.1. The molecule has 1 aromatic rings. The van der Waals surface area contributed by atoms with Gasteiger partial charge >= 0.3 is 0 Å². The molecule has 0 atom stereocenters. The van der Waals surface area contributed by atoms with Crippen LogP contribution in [-0.2, 0) is 6.54 Å². The summed E-state index contributed by atoms with van der Waals surface area (Å²) in [6, 6.07) is 0. The van der Waals surface area contributed by atoms with Crippen molar-refractivity contribution in [3.8, 4) is 0 Å². The molecule has 15 heavy (non-hydrogen) atoms. The Morgan fingerprint density at radius 3 is 2.80 bits per heavy atom. The standard InChI is InChI=1S/C11H17N3O/c1-2-14-8-9(7-13-14)10(15)11(12)5-3-4-6-11/h7-8H,2-6,12H2,1H3. The van der Waals surface area contributed by atoms with Crippen LogP contribution in [0.3, 0.4) is 0 Å². The van der Waals surface area contributed by atoms with E-state index >= 15 is 0 Å². The Balaban J connectivity index is 2.19. The van der Waals surface area contributed by atoms with E-state index in [2.05, 4.69) is 5.10 Å². The second-order valence-corrected chi connectivity index (χ2v) is 4.28. The number of aromatic nitrogens is 2. The molecule has 0 radical (unpaired) electrons. The largest absolute Gasteiger partial charge is 0.319 e. The Kier molecular flexibility index (Phi) is 2.61. The fourth-order valence-corrected chi connectivity index (χ4v) is 2.17. The van der Waals surface area contributed by atoms with E-state index in [1.54, 1.807) is 17.1 Å². The first kappa shape index (κ1) is 10.4. The molecular weight excluding hydrogens is 190 g/mol. The van der Waals surface area contributed by atoms with Gasteiger partial charge in [0.15, 0.2) is 5.78 Å². The van der Waals surface area contributed by atoms with Gasteiger partial charge in [-0.1, -0.05) is 12.8 Å². The summed E-state index contributed by atoms with van der Waals surface area (Å²) in [7, 11) is 0. The van der Waals surface area contributed by atoms with Crippen molar-refractivity contribution in [1.29, 1.82) is 0 Å². The molecule has 4 heteroatoms. The van der Waals surface area contributed by atoms with Crippen molar-refractivity contribution < 1.29 is 4.79 Å². The van der Waals surface area contributed by atoms with Gasteiger partial charge in [-0.3, -0.25) is 9.48 Å². The third kappa shape index (κ3) is 1.81. The van der Waals surface area contributed by atoms with Crippen molar-refractivity contribution in [2.75, 3.05) is 0 Å². The molecular formula is C11H17N3O. The molecule has 2 N–H and O–H groups in total. The van der Waals surface area contributed by atoms with E-state index in [1.807, 2.05) is 6.92 Å². The molecule has 4 nitrogen and oxygen atoms in total. The Labute approximate surface area is 89.5 Å². The zero-order chi connectivity index (χ0) is 10.9. The topological polar surface area (TPSA) is 60.9 Å². The number of nitrogens with two attached hydrogens (primary N) is 1. The number of hydrogen-bond donors (Lipinski definition) is 1. The third-order valence-electron chi connectivity index (χ3n) is 3.17. The average molecular weight is 207 g/mol. The minimum absolute atomic E-state index is 0.0553. The fraction of sp³-hybridized carbons (Fsp3) is 0.636. The van der Waals surface area contributed by atoms with Crippen LogP contribution in [0.5, 0.6) is 0 Å². The predicted molar refractivity (Wildman–Crippen MR) is 57.6 cm³/mol. The number of hydrogen-bond acceptors (Lipinski definition) is 3. The van der Waals surface area contributed by atoms with E-state index in [0.29, 0.717) is 5.56 Å². The van der Waals surface area contributed by atoms with E-state index in [-0.39, 0.29) is 5.78 Å². The normalized spacial score (nSPS) is 19.3. The van der Waals surface area contributed by atoms with Crippen LogP contribution in [0.15, 0.2) is 12.4 Å². The third-order valence-corrected chi connectivity index (χ3v) is 3.17. The molecule has 0 bridgehead atoms. The van der Waals surface area contributed by atoms with Crippen LogP contribution in [0.1, 0.15) is 43.0 Å². The van der Waals surface area contributed by atoms with Crippen molar-refractivity contribution in [2.24, 2.45) is 5.73 Å². The second-order valence-electron chi connectivity index (χ2n) is 4.28. The summed E-state index contributed by atoms with van der Waals surface area (Å²) in [6.07, 6.45) is 7.15. The lowest BCUT2D eigenvalue weighted by Crippen LogP contribution is -2.45. The summed E-state index contributed by atoms with van der Waals surface area (Å²) in [5, 5.41) is 4.10. The van der Waals surface area contributed by atoms with Gasteiger partial charge in [-0.2, -0.15) is 5.10 Å². The first-order valence-electron chi connectivity index (χ1n) is 5.52. The highest BCUT2D eigenvalue weighted by atomic mass is 16.1. The van der Waals surface area contributed by atoms with Gasteiger partial charge in [0.1, 0.15) is 0 Å². The van der Waals surface area contributed by atoms with Crippen molar-refractivity contribution in [3.05, 3.63) is 18.0 Å². The van der Waals surface area contributed by atoms with Gasteiger partial charge in [-0.15, -0.1) is 0 Å². The quantitative estimate of drug-likeness (QED) is 0.761. The van der Waals surface area contributed by atoms with Gasteiger partial charge in [-0.25, -0.2) is 0 Å². The molecule has 0 amide bonds. The number of rotatable bonds is 3. The summed E-state index contributed by atoms with van der Waals surface area (Å²) in [5.41, 5.74) is 6.13. The van der Waals surface area contributed by atoms with Gasteiger partial charge in [0.25, 0.3) is 0 Å². The molecule has 2 rings (SSSR count). The molecule has 82 valence electrons. The SMILES string of the molecule is CCn1cc(C(=O)C2(N)CCCC2)cn1. The molecule has 0 spiro atoms. The Hall–Kier alpha value is -1.16. The van der Waals surface area contributed by atoms with Crippen LogP contribution in [0, 0.1) is 0 Å². The molecule has 1 fully saturated rings. The zero-order valence-electron chi connectivity index (χ0n) is 9.07. The van der Waals surface area contributed by atoms with Crippen molar-refractivity contribution in [3.63, 3.8) is 0 Å². The number of nitrogens with zero attached hydrogens (tertiary/aromatic N) is 2. The van der Waals surface area contributed by atoms with Crippen LogP contribution >= 0.6 is 0 Å². The van der Waals surface area contributed by atoms with Crippen LogP contribution < -0.4 is 5.73 Å². The summed E-state index contributed by atoms with van der Waals surface area (Å²) >= 11 is 0. The number of carbonyl (C=O) groups is 1. The van der Waals surface area contributed by atoms with E-state index in [9.17, 15) is 4.79 Å². The Morgan fingerprint density at radius 2 is 2.27 bits per heavy atom. The molecule has 0 saturated heterocycles. The summed E-state index contributed by atoms with van der Waals surface area (Å²) in [5.74, 6) is 0.0553. The molecule has 1 saturated carbocycles. The lowest BCUT2D eigenvalue weighted by molar-refractivity contribution is 0.0892. The number of carbonyl (C=O) groups excluding carboxylic acids is 1. The maximum Gasteiger partial charge on any atom is 0.185 e. The van der Waals surface area contributed by atoms with Gasteiger partial charge in [0.2, 0.25) is 0 Å². The van der Waals surface area contributed by atoms with E-state index < -0.39 is 5.54 Å². The van der Waals surface area contributed by atoms with Gasteiger partial charge in [-0.05, 0) is 19.8 Å². The fourth-order valence-electron chi connectivity index (χ4n) is 2.17. The van der Waals surface area contributed by atoms with Gasteiger partial charge in [0, 0.05) is 12.7 Å². The Morgan fingerprint density at radius 1 is 1.60 bits per heavy atom. The molecule has 0 aromatic carbocycles. The van der Waals surface area contributed by atoms with Crippen LogP contribution in [0.4, 0.5) is 0 Å². The van der Waals surface area contributed by atoms with Crippen LogP contribution in [0.25, 0.3) is 0 Å². The predicted octanol–water partition coefficient (Wildman–Crippen LogP) is 1.36. The monoisotopic (exact) mass is 207 g/mol. The molecule has 0 unspecified atom stereocenters. The highest BCUT2D eigenvalue weighted by Crippen LogP contribution is 2.30. The molecule has 1 aliphatic carbocycles. The van der Waals surface area contributed by atoms with Crippen molar-refractivity contribution >= 4 is 5.78 Å². The lowest BCUT2D eigenvalue weighted by atomic mass is 9.90. The lowest BCUT2D eigenvalue weighted by Gasteiger charge is -2.20. The van der Waals surface area contributed by atoms with Crippen molar-refractivity contribution in [2.45, 2.75) is 44.7 Å². The van der Waals surface area contributed by atoms with Gasteiger partial charge in [0.05, 0.1) is 17.3 Å². The van der Waals surface area contributed by atoms with E-state index in [4.69, 9.17) is 5.73 Å². The highest BCUT2D eigenvalue weighted by Gasteiger charge is 2.37. The first-order chi connectivity index (χ1) is 7.15. The molecule has 0 aliphatic heterocycles. The number of Topliss-reactive ketones (excluding diaryl/α,β-unsaturated/α-hetero) is 1. The second kappa shape index (κ2) is 3.77. The summed E-state index contributed by atoms with van der Waals surface area (Å²) in [4.78, 5) is 12.1. The molecule has 1 aromatic heterocycles. The maximum absolute atomic E-state index is 12.1.